The molecule has 0 amide bonds. The normalized spacial score (nSPS) is 11.1. The number of anilines is 1. The highest BCUT2D eigenvalue weighted by molar-refractivity contribution is 7.94. The number of benzene rings is 1. The third kappa shape index (κ3) is 3.89. The van der Waals surface area contributed by atoms with Crippen LogP contribution in [0, 0.1) is 0 Å². The van der Waals surface area contributed by atoms with Crippen LogP contribution in [0.25, 0.3) is 0 Å². The van der Waals surface area contributed by atoms with Crippen LogP contribution in [0.15, 0.2) is 28.5 Å². The van der Waals surface area contributed by atoms with Crippen LogP contribution in [-0.4, -0.2) is 28.6 Å². The molecule has 1 N–H and O–H groups in total. The van der Waals surface area contributed by atoms with Crippen LogP contribution in [0.1, 0.15) is 10.4 Å². The first kappa shape index (κ1) is 17.9. The van der Waals surface area contributed by atoms with Gasteiger partial charge in [0.15, 0.2) is 0 Å². The SMILES string of the molecule is COC(=O)c1ccc(OC)c(NS(=O)(=O)c2cc(Cl)c(Cl)s2)c1. The maximum Gasteiger partial charge on any atom is 0.337 e. The summed E-state index contributed by atoms with van der Waals surface area (Å²) in [6.07, 6.45) is 0. The Labute approximate surface area is 147 Å². The molecule has 2 aromatic rings. The Bertz CT molecular complexity index is 829. The molecule has 124 valence electrons. The van der Waals surface area contributed by atoms with Gasteiger partial charge >= 0.3 is 5.97 Å². The first-order valence-electron chi connectivity index (χ1n) is 6.02. The molecule has 2 rings (SSSR count). The molecule has 1 heterocycles. The molecule has 0 bridgehead atoms. The number of hydrogen-bond donors (Lipinski definition) is 1. The molecule has 0 fully saturated rings. The van der Waals surface area contributed by atoms with E-state index in [4.69, 9.17) is 27.9 Å². The lowest BCUT2D eigenvalue weighted by atomic mass is 10.2. The van der Waals surface area contributed by atoms with Crippen LogP contribution >= 0.6 is 34.5 Å². The standard InChI is InChI=1S/C13H11Cl2NO5S2/c1-20-10-4-3-7(13(17)21-2)5-9(10)16-23(18,19)11-6-8(14)12(15)22-11/h3-6,16H,1-2H3. The lowest BCUT2D eigenvalue weighted by Gasteiger charge is -2.12. The molecule has 0 atom stereocenters. The molecule has 0 radical (unpaired) electrons. The number of nitrogens with one attached hydrogen (secondary N) is 1. The number of sulfonamides is 1. The molecule has 10 heteroatoms. The quantitative estimate of drug-likeness (QED) is 0.781. The van der Waals surface area contributed by atoms with Crippen LogP contribution in [0.2, 0.25) is 9.36 Å². The van der Waals surface area contributed by atoms with Crippen molar-refractivity contribution in [1.29, 1.82) is 0 Å². The Morgan fingerprint density at radius 1 is 1.22 bits per heavy atom. The highest BCUT2D eigenvalue weighted by atomic mass is 35.5. The van der Waals surface area contributed by atoms with Gasteiger partial charge in [-0.3, -0.25) is 4.72 Å². The molecule has 0 saturated carbocycles. The molecule has 23 heavy (non-hydrogen) atoms. The molecule has 0 saturated heterocycles. The number of carbonyl (C=O) groups is 1. The van der Waals surface area contributed by atoms with E-state index in [2.05, 4.69) is 9.46 Å². The van der Waals surface area contributed by atoms with Gasteiger partial charge in [-0.25, -0.2) is 13.2 Å². The van der Waals surface area contributed by atoms with Crippen LogP contribution in [0.5, 0.6) is 5.75 Å². The van der Waals surface area contributed by atoms with E-state index in [1.165, 1.54) is 38.5 Å². The number of methoxy groups -OCH3 is 2. The van der Waals surface area contributed by atoms with E-state index in [1.54, 1.807) is 0 Å². The molecule has 1 aromatic heterocycles. The fourth-order valence-electron chi connectivity index (χ4n) is 1.69. The summed E-state index contributed by atoms with van der Waals surface area (Å²) < 4.78 is 37.0. The van der Waals surface area contributed by atoms with Gasteiger partial charge < -0.3 is 9.47 Å². The number of carbonyl (C=O) groups excluding carboxylic acids is 1. The largest absolute Gasteiger partial charge is 0.495 e. The minimum Gasteiger partial charge on any atom is -0.495 e. The van der Waals surface area contributed by atoms with E-state index in [0.29, 0.717) is 0 Å². The number of hydrogen-bond acceptors (Lipinski definition) is 6. The maximum atomic E-state index is 12.4. The van der Waals surface area contributed by atoms with Crippen LogP contribution < -0.4 is 9.46 Å². The second-order valence-corrected chi connectivity index (χ2v) is 8.17. The highest BCUT2D eigenvalue weighted by Gasteiger charge is 2.22. The van der Waals surface area contributed by atoms with Gasteiger partial charge in [-0.05, 0) is 24.3 Å². The molecule has 0 aliphatic heterocycles. The molecule has 0 spiro atoms. The molecule has 6 nitrogen and oxygen atoms in total. The fraction of sp³-hybridized carbons (Fsp3) is 0.154. The zero-order valence-electron chi connectivity index (χ0n) is 11.9. The van der Waals surface area contributed by atoms with Crippen molar-refractivity contribution in [3.8, 4) is 5.75 Å². The summed E-state index contributed by atoms with van der Waals surface area (Å²) in [7, 11) is -1.32. The minimum absolute atomic E-state index is 0.0574. The predicted octanol–water partition coefficient (Wildman–Crippen LogP) is 3.65. The number of halogens is 2. The topological polar surface area (TPSA) is 81.7 Å². The van der Waals surface area contributed by atoms with Gasteiger partial charge in [0.2, 0.25) is 0 Å². The third-order valence-electron chi connectivity index (χ3n) is 2.75. The first-order valence-corrected chi connectivity index (χ1v) is 9.08. The minimum atomic E-state index is -3.93. The Morgan fingerprint density at radius 2 is 1.91 bits per heavy atom. The molecule has 1 aromatic carbocycles. The van der Waals surface area contributed by atoms with E-state index in [9.17, 15) is 13.2 Å². The van der Waals surface area contributed by atoms with Crippen molar-refractivity contribution in [3.05, 3.63) is 39.2 Å². The summed E-state index contributed by atoms with van der Waals surface area (Å²) in [4.78, 5) is 11.6. The van der Waals surface area contributed by atoms with Crippen molar-refractivity contribution in [3.63, 3.8) is 0 Å². The van der Waals surface area contributed by atoms with Crippen molar-refractivity contribution in [2.24, 2.45) is 0 Å². The fourth-order valence-corrected chi connectivity index (χ4v) is 4.63. The summed E-state index contributed by atoms with van der Waals surface area (Å²) in [5.41, 5.74) is 0.268. The molecular weight excluding hydrogens is 385 g/mol. The zero-order chi connectivity index (χ0) is 17.2. The van der Waals surface area contributed by atoms with E-state index >= 15 is 0 Å². The summed E-state index contributed by atoms with van der Waals surface area (Å²) >= 11 is 12.4. The lowest BCUT2D eigenvalue weighted by Crippen LogP contribution is -2.13. The second-order valence-electron chi connectivity index (χ2n) is 4.20. The van der Waals surface area contributed by atoms with E-state index in [-0.39, 0.29) is 30.6 Å². The van der Waals surface area contributed by atoms with Crippen molar-refractivity contribution < 1.29 is 22.7 Å². The number of ether oxygens (including phenoxy) is 2. The molecule has 0 aliphatic carbocycles. The van der Waals surface area contributed by atoms with Crippen molar-refractivity contribution in [1.82, 2.24) is 0 Å². The summed E-state index contributed by atoms with van der Waals surface area (Å²) in [6, 6.07) is 5.48. The van der Waals surface area contributed by atoms with E-state index in [1.807, 2.05) is 0 Å². The van der Waals surface area contributed by atoms with Gasteiger partial charge in [-0.2, -0.15) is 0 Å². The van der Waals surface area contributed by atoms with E-state index in [0.717, 1.165) is 11.3 Å². The average molecular weight is 396 g/mol. The summed E-state index contributed by atoms with van der Waals surface area (Å²) in [5, 5.41) is 0.146. The summed E-state index contributed by atoms with van der Waals surface area (Å²) in [6.45, 7) is 0. The van der Waals surface area contributed by atoms with Crippen molar-refractivity contribution >= 4 is 56.2 Å². The van der Waals surface area contributed by atoms with Crippen molar-refractivity contribution in [2.45, 2.75) is 4.21 Å². The zero-order valence-corrected chi connectivity index (χ0v) is 15.1. The number of rotatable bonds is 5. The predicted molar refractivity (Wildman–Crippen MR) is 89.5 cm³/mol. The third-order valence-corrected chi connectivity index (χ3v) is 6.46. The number of esters is 1. The van der Waals surface area contributed by atoms with Crippen molar-refractivity contribution in [2.75, 3.05) is 18.9 Å². The monoisotopic (exact) mass is 395 g/mol. The molecular formula is C13H11Cl2NO5S2. The van der Waals surface area contributed by atoms with Crippen LogP contribution in [-0.2, 0) is 14.8 Å². The van der Waals surface area contributed by atoms with Gasteiger partial charge in [0.25, 0.3) is 10.0 Å². The smallest absolute Gasteiger partial charge is 0.337 e. The van der Waals surface area contributed by atoms with E-state index < -0.39 is 16.0 Å². The van der Waals surface area contributed by atoms with Crippen LogP contribution in [0.3, 0.4) is 0 Å². The van der Waals surface area contributed by atoms with Gasteiger partial charge in [0.05, 0.1) is 30.5 Å². The van der Waals surface area contributed by atoms with Gasteiger partial charge in [0.1, 0.15) is 14.3 Å². The lowest BCUT2D eigenvalue weighted by molar-refractivity contribution is 0.0600. The number of thiophene rings is 1. The van der Waals surface area contributed by atoms with Gasteiger partial charge in [0, 0.05) is 0 Å². The Kier molecular flexibility index (Phi) is 5.41. The Balaban J connectivity index is 2.43. The molecule has 0 unspecified atom stereocenters. The first-order chi connectivity index (χ1) is 10.8. The van der Waals surface area contributed by atoms with Gasteiger partial charge in [-0.1, -0.05) is 23.2 Å². The Morgan fingerprint density at radius 3 is 2.43 bits per heavy atom. The second kappa shape index (κ2) is 6.96. The average Bonchev–Trinajstić information content (AvgIpc) is 2.86. The molecule has 0 aliphatic rings. The van der Waals surface area contributed by atoms with Crippen LogP contribution in [0.4, 0.5) is 5.69 Å². The summed E-state index contributed by atoms with van der Waals surface area (Å²) in [5.74, 6) is -0.356. The Hall–Kier alpha value is -1.48. The maximum absolute atomic E-state index is 12.4. The highest BCUT2D eigenvalue weighted by Crippen LogP contribution is 2.36. The van der Waals surface area contributed by atoms with Gasteiger partial charge in [-0.15, -0.1) is 11.3 Å².